The van der Waals surface area contributed by atoms with Gasteiger partial charge in [0.15, 0.2) is 11.5 Å². The van der Waals surface area contributed by atoms with Gasteiger partial charge in [-0.1, -0.05) is 30.3 Å². The second kappa shape index (κ2) is 8.90. The van der Waals surface area contributed by atoms with Gasteiger partial charge in [-0.2, -0.15) is 5.26 Å². The van der Waals surface area contributed by atoms with Crippen molar-refractivity contribution in [2.75, 3.05) is 6.61 Å². The van der Waals surface area contributed by atoms with E-state index in [1.165, 1.54) is 18.2 Å². The predicted octanol–water partition coefficient (Wildman–Crippen LogP) is 4.73. The third-order valence-corrected chi connectivity index (χ3v) is 5.14. The van der Waals surface area contributed by atoms with Gasteiger partial charge in [-0.15, -0.1) is 0 Å². The van der Waals surface area contributed by atoms with E-state index in [4.69, 9.17) is 19.9 Å². The summed E-state index contributed by atoms with van der Waals surface area (Å²) < 4.78 is 31.1. The van der Waals surface area contributed by atoms with Crippen LogP contribution in [0, 0.1) is 17.1 Å². The van der Waals surface area contributed by atoms with Crippen molar-refractivity contribution in [1.29, 1.82) is 5.26 Å². The molecule has 0 unspecified atom stereocenters. The number of nitriles is 1. The molecule has 6 nitrogen and oxygen atoms in total. The Hall–Kier alpha value is -4.18. The van der Waals surface area contributed by atoms with Crippen molar-refractivity contribution in [2.24, 2.45) is 5.73 Å². The lowest BCUT2D eigenvalue weighted by Gasteiger charge is -2.27. The maximum atomic E-state index is 13.9. The Labute approximate surface area is 184 Å². The van der Waals surface area contributed by atoms with Gasteiger partial charge < -0.3 is 25.1 Å². The van der Waals surface area contributed by atoms with Crippen molar-refractivity contribution in [3.8, 4) is 29.1 Å². The standard InChI is InChI=1S/C25H21FN2O4/c1-2-30-23-11-15(7-10-21(23)31-14-16-5-3-4-6-20(16)26)24-18-9-8-17(29)12-22(18)32-25(28)19(24)13-27/h3-12,24,29H,2,14,28H2,1H3/t24-/m0/s1. The molecular formula is C25H21FN2O4. The van der Waals surface area contributed by atoms with E-state index >= 15 is 0 Å². The number of benzene rings is 3. The Morgan fingerprint density at radius 1 is 1.09 bits per heavy atom. The number of rotatable bonds is 6. The molecule has 0 amide bonds. The van der Waals surface area contributed by atoms with Gasteiger partial charge in [0.05, 0.1) is 12.5 Å². The Balaban J connectivity index is 1.72. The first-order valence-corrected chi connectivity index (χ1v) is 10.0. The topological polar surface area (TPSA) is 97.7 Å². The van der Waals surface area contributed by atoms with E-state index in [2.05, 4.69) is 6.07 Å². The second-order valence-electron chi connectivity index (χ2n) is 7.17. The molecule has 1 heterocycles. The van der Waals surface area contributed by atoms with E-state index in [-0.39, 0.29) is 29.6 Å². The fourth-order valence-corrected chi connectivity index (χ4v) is 3.65. The zero-order chi connectivity index (χ0) is 22.7. The molecule has 0 fully saturated rings. The number of allylic oxidation sites excluding steroid dienone is 1. The zero-order valence-electron chi connectivity index (χ0n) is 17.3. The number of nitrogens with zero attached hydrogens (tertiary/aromatic N) is 1. The molecule has 1 aliphatic rings. The van der Waals surface area contributed by atoms with Crippen LogP contribution in [0.5, 0.6) is 23.0 Å². The first-order chi connectivity index (χ1) is 15.5. The first kappa shape index (κ1) is 21.1. The Morgan fingerprint density at radius 3 is 2.66 bits per heavy atom. The molecule has 0 bridgehead atoms. The summed E-state index contributed by atoms with van der Waals surface area (Å²) in [5.74, 6) is 0.448. The molecule has 7 heteroatoms. The summed E-state index contributed by atoms with van der Waals surface area (Å²) in [6.45, 7) is 2.28. The Bertz CT molecular complexity index is 1230. The van der Waals surface area contributed by atoms with Crippen molar-refractivity contribution in [2.45, 2.75) is 19.4 Å². The molecular weight excluding hydrogens is 411 g/mol. The second-order valence-corrected chi connectivity index (χ2v) is 7.17. The van der Waals surface area contributed by atoms with Gasteiger partial charge in [-0.25, -0.2) is 4.39 Å². The lowest BCUT2D eigenvalue weighted by Crippen LogP contribution is -2.21. The highest BCUT2D eigenvalue weighted by molar-refractivity contribution is 5.58. The van der Waals surface area contributed by atoms with Gasteiger partial charge in [-0.05, 0) is 36.8 Å². The predicted molar refractivity (Wildman–Crippen MR) is 116 cm³/mol. The summed E-state index contributed by atoms with van der Waals surface area (Å²) >= 11 is 0. The minimum Gasteiger partial charge on any atom is -0.508 e. The van der Waals surface area contributed by atoms with E-state index in [1.54, 1.807) is 42.5 Å². The smallest absolute Gasteiger partial charge is 0.205 e. The van der Waals surface area contributed by atoms with Gasteiger partial charge in [0.2, 0.25) is 5.88 Å². The molecule has 3 N–H and O–H groups in total. The van der Waals surface area contributed by atoms with Gasteiger partial charge in [0.25, 0.3) is 0 Å². The molecule has 0 radical (unpaired) electrons. The summed E-state index contributed by atoms with van der Waals surface area (Å²) in [6.07, 6.45) is 0. The highest BCUT2D eigenvalue weighted by Gasteiger charge is 2.31. The lowest BCUT2D eigenvalue weighted by molar-refractivity contribution is 0.265. The van der Waals surface area contributed by atoms with Crippen LogP contribution in [0.2, 0.25) is 0 Å². The van der Waals surface area contributed by atoms with Crippen LogP contribution in [0.15, 0.2) is 72.1 Å². The number of hydrogen-bond donors (Lipinski definition) is 2. The molecule has 0 saturated carbocycles. The molecule has 0 aromatic heterocycles. The van der Waals surface area contributed by atoms with Gasteiger partial charge >= 0.3 is 0 Å². The number of ether oxygens (including phenoxy) is 3. The molecule has 32 heavy (non-hydrogen) atoms. The molecule has 3 aromatic rings. The molecule has 1 aliphatic heterocycles. The average Bonchev–Trinajstić information content (AvgIpc) is 2.78. The van der Waals surface area contributed by atoms with Gasteiger partial charge in [0.1, 0.15) is 35.6 Å². The van der Waals surface area contributed by atoms with Crippen LogP contribution in [-0.2, 0) is 6.61 Å². The number of phenolic OH excluding ortho intramolecular Hbond substituents is 1. The van der Waals surface area contributed by atoms with E-state index < -0.39 is 5.92 Å². The van der Waals surface area contributed by atoms with Crippen LogP contribution in [0.4, 0.5) is 4.39 Å². The zero-order valence-corrected chi connectivity index (χ0v) is 17.3. The fraction of sp³-hybridized carbons (Fsp3) is 0.160. The first-order valence-electron chi connectivity index (χ1n) is 10.0. The van der Waals surface area contributed by atoms with Crippen molar-refractivity contribution >= 4 is 0 Å². The highest BCUT2D eigenvalue weighted by Crippen LogP contribution is 2.45. The van der Waals surface area contributed by atoms with E-state index in [1.807, 2.05) is 6.92 Å². The molecule has 0 saturated heterocycles. The SMILES string of the molecule is CCOc1cc([C@@H]2C(C#N)=C(N)Oc3cc(O)ccc32)ccc1OCc1ccccc1F. The van der Waals surface area contributed by atoms with Crippen LogP contribution in [0.25, 0.3) is 0 Å². The van der Waals surface area contributed by atoms with Crippen LogP contribution in [0.3, 0.4) is 0 Å². The van der Waals surface area contributed by atoms with Crippen LogP contribution in [-0.4, -0.2) is 11.7 Å². The molecule has 3 aromatic carbocycles. The summed E-state index contributed by atoms with van der Waals surface area (Å²) in [7, 11) is 0. The van der Waals surface area contributed by atoms with Crippen LogP contribution >= 0.6 is 0 Å². The van der Waals surface area contributed by atoms with Crippen LogP contribution < -0.4 is 19.9 Å². The summed E-state index contributed by atoms with van der Waals surface area (Å²) in [4.78, 5) is 0. The van der Waals surface area contributed by atoms with E-state index in [0.29, 0.717) is 35.0 Å². The number of halogens is 1. The maximum absolute atomic E-state index is 13.9. The van der Waals surface area contributed by atoms with Gasteiger partial charge in [-0.3, -0.25) is 0 Å². The Kier molecular flexibility index (Phi) is 5.86. The molecule has 1 atom stereocenters. The highest BCUT2D eigenvalue weighted by atomic mass is 19.1. The van der Waals surface area contributed by atoms with Gasteiger partial charge in [0, 0.05) is 17.2 Å². The number of hydrogen-bond acceptors (Lipinski definition) is 6. The van der Waals surface area contributed by atoms with E-state index in [0.717, 1.165) is 5.56 Å². The normalized spacial score (nSPS) is 14.8. The van der Waals surface area contributed by atoms with Crippen molar-refractivity contribution in [1.82, 2.24) is 0 Å². The van der Waals surface area contributed by atoms with Crippen molar-refractivity contribution in [3.05, 3.63) is 94.6 Å². The molecule has 0 aliphatic carbocycles. The summed E-state index contributed by atoms with van der Waals surface area (Å²) in [5.41, 5.74) is 8.11. The molecule has 162 valence electrons. The number of nitrogens with two attached hydrogens (primary N) is 1. The number of aromatic hydroxyl groups is 1. The molecule has 4 rings (SSSR count). The van der Waals surface area contributed by atoms with Crippen LogP contribution in [0.1, 0.15) is 29.5 Å². The summed E-state index contributed by atoms with van der Waals surface area (Å²) in [6, 6.07) is 18.5. The summed E-state index contributed by atoms with van der Waals surface area (Å²) in [5, 5.41) is 19.5. The quantitative estimate of drug-likeness (QED) is 0.585. The fourth-order valence-electron chi connectivity index (χ4n) is 3.65. The third kappa shape index (κ3) is 4.03. The minimum atomic E-state index is -0.510. The maximum Gasteiger partial charge on any atom is 0.205 e. The van der Waals surface area contributed by atoms with Crippen molar-refractivity contribution in [3.63, 3.8) is 0 Å². The third-order valence-electron chi connectivity index (χ3n) is 5.14. The molecule has 0 spiro atoms. The monoisotopic (exact) mass is 432 g/mol. The number of phenols is 1. The van der Waals surface area contributed by atoms with E-state index in [9.17, 15) is 14.8 Å². The minimum absolute atomic E-state index is 0.0200. The average molecular weight is 432 g/mol. The number of fused-ring (bicyclic) bond motifs is 1. The van der Waals surface area contributed by atoms with Crippen molar-refractivity contribution < 1.29 is 23.7 Å². The largest absolute Gasteiger partial charge is 0.508 e. The Morgan fingerprint density at radius 2 is 1.91 bits per heavy atom. The lowest BCUT2D eigenvalue weighted by atomic mass is 9.83.